The van der Waals surface area contributed by atoms with Crippen LogP contribution in [0.25, 0.3) is 0 Å². The van der Waals surface area contributed by atoms with E-state index in [1.807, 2.05) is 27.7 Å². The Balaban J connectivity index is 2.03. The minimum absolute atomic E-state index is 0.00713. The summed E-state index contributed by atoms with van der Waals surface area (Å²) in [7, 11) is 0. The van der Waals surface area contributed by atoms with Crippen LogP contribution in [-0.4, -0.2) is 70.8 Å². The van der Waals surface area contributed by atoms with E-state index in [0.717, 1.165) is 0 Å². The molecule has 2 amide bonds. The van der Waals surface area contributed by atoms with Crippen molar-refractivity contribution in [3.05, 3.63) is 0 Å². The predicted molar refractivity (Wildman–Crippen MR) is 105 cm³/mol. The van der Waals surface area contributed by atoms with Crippen LogP contribution in [0.5, 0.6) is 0 Å². The zero-order valence-corrected chi connectivity index (χ0v) is 18.1. The Labute approximate surface area is 172 Å². The molecule has 164 valence electrons. The second-order valence-corrected chi connectivity index (χ2v) is 9.08. The highest BCUT2D eigenvalue weighted by molar-refractivity contribution is 5.98. The summed E-state index contributed by atoms with van der Waals surface area (Å²) >= 11 is 0. The Bertz CT molecular complexity index is 682. The lowest BCUT2D eigenvalue weighted by Crippen LogP contribution is -2.56. The van der Waals surface area contributed by atoms with Gasteiger partial charge in [0.1, 0.15) is 17.6 Å². The number of unbranched alkanes of at least 4 members (excludes halogenated alkanes) is 1. The zero-order valence-electron chi connectivity index (χ0n) is 18.1. The molecular weight excluding hydrogens is 376 g/mol. The maximum Gasteiger partial charge on any atom is 0.312 e. The van der Waals surface area contributed by atoms with Crippen LogP contribution in [0.2, 0.25) is 0 Å². The standard InChI is InChI=1S/C21H34N2O6/c1-6-28-19(27)15-14-18(26)23(9-7-8-10-24)16(17(25)22-12(2)3)21(14)11-13(4)20(15,5)29-21/h12-16,24H,6-11H2,1-5H3,(H,22,25)/t13?,14-,15-,16?,20+,21?/m0/s1. The maximum absolute atomic E-state index is 13.5. The van der Waals surface area contributed by atoms with Crippen molar-refractivity contribution < 1.29 is 29.0 Å². The highest BCUT2D eigenvalue weighted by Gasteiger charge is 2.80. The number of nitrogens with one attached hydrogen (secondary N) is 1. The Morgan fingerprint density at radius 2 is 2.07 bits per heavy atom. The largest absolute Gasteiger partial charge is 0.466 e. The molecule has 3 rings (SSSR count). The van der Waals surface area contributed by atoms with E-state index in [-0.39, 0.29) is 37.0 Å². The number of amides is 2. The summed E-state index contributed by atoms with van der Waals surface area (Å²) in [5, 5.41) is 12.1. The van der Waals surface area contributed by atoms with E-state index in [4.69, 9.17) is 14.6 Å². The molecule has 8 heteroatoms. The van der Waals surface area contributed by atoms with Crippen molar-refractivity contribution in [3.8, 4) is 0 Å². The van der Waals surface area contributed by atoms with Gasteiger partial charge in [0.25, 0.3) is 0 Å². The Morgan fingerprint density at radius 1 is 1.38 bits per heavy atom. The zero-order chi connectivity index (χ0) is 21.6. The smallest absolute Gasteiger partial charge is 0.312 e. The minimum atomic E-state index is -1.03. The molecule has 2 N–H and O–H groups in total. The summed E-state index contributed by atoms with van der Waals surface area (Å²) in [4.78, 5) is 41.2. The number of hydrogen-bond acceptors (Lipinski definition) is 6. The van der Waals surface area contributed by atoms with Crippen LogP contribution in [0.4, 0.5) is 0 Å². The molecule has 3 unspecified atom stereocenters. The van der Waals surface area contributed by atoms with Gasteiger partial charge in [-0.05, 0) is 52.9 Å². The molecule has 2 bridgehead atoms. The van der Waals surface area contributed by atoms with Crippen molar-refractivity contribution in [2.45, 2.75) is 77.2 Å². The van der Waals surface area contributed by atoms with Crippen LogP contribution in [0.1, 0.15) is 53.9 Å². The summed E-state index contributed by atoms with van der Waals surface area (Å²) in [5.74, 6) is -2.34. The number of fused-ring (bicyclic) bond motifs is 1. The number of ether oxygens (including phenoxy) is 2. The van der Waals surface area contributed by atoms with Gasteiger partial charge in [0, 0.05) is 19.2 Å². The summed E-state index contributed by atoms with van der Waals surface area (Å²) in [5.41, 5.74) is -1.86. The molecule has 29 heavy (non-hydrogen) atoms. The molecule has 8 nitrogen and oxygen atoms in total. The van der Waals surface area contributed by atoms with Crippen molar-refractivity contribution >= 4 is 17.8 Å². The number of carbonyl (C=O) groups excluding carboxylic acids is 3. The molecule has 0 radical (unpaired) electrons. The van der Waals surface area contributed by atoms with Gasteiger partial charge in [-0.3, -0.25) is 14.4 Å². The Kier molecular flexibility index (Phi) is 5.98. The van der Waals surface area contributed by atoms with Gasteiger partial charge in [-0.15, -0.1) is 0 Å². The number of likely N-dealkylation sites (tertiary alicyclic amines) is 1. The Hall–Kier alpha value is -1.67. The lowest BCUT2D eigenvalue weighted by atomic mass is 9.62. The van der Waals surface area contributed by atoms with Gasteiger partial charge in [0.15, 0.2) is 0 Å². The summed E-state index contributed by atoms with van der Waals surface area (Å²) < 4.78 is 11.8. The molecule has 3 saturated heterocycles. The topological polar surface area (TPSA) is 105 Å². The third-order valence-corrected chi connectivity index (χ3v) is 6.84. The first-order valence-electron chi connectivity index (χ1n) is 10.7. The van der Waals surface area contributed by atoms with Crippen LogP contribution >= 0.6 is 0 Å². The van der Waals surface area contributed by atoms with E-state index < -0.39 is 35.0 Å². The summed E-state index contributed by atoms with van der Waals surface area (Å²) in [6, 6.07) is -0.871. The molecular formula is C21H34N2O6. The molecule has 1 spiro atoms. The van der Waals surface area contributed by atoms with Crippen molar-refractivity contribution in [1.29, 1.82) is 0 Å². The Morgan fingerprint density at radius 3 is 2.66 bits per heavy atom. The van der Waals surface area contributed by atoms with Crippen molar-refractivity contribution in [2.24, 2.45) is 17.8 Å². The van der Waals surface area contributed by atoms with E-state index in [1.54, 1.807) is 11.8 Å². The van der Waals surface area contributed by atoms with E-state index >= 15 is 0 Å². The maximum atomic E-state index is 13.5. The molecule has 0 saturated carbocycles. The normalized spacial score (nSPS) is 37.9. The van der Waals surface area contributed by atoms with Gasteiger partial charge in [-0.1, -0.05) is 6.92 Å². The highest BCUT2D eigenvalue weighted by Crippen LogP contribution is 2.65. The summed E-state index contributed by atoms with van der Waals surface area (Å²) in [6.07, 6.45) is 1.66. The number of aliphatic hydroxyl groups is 1. The first-order chi connectivity index (χ1) is 13.6. The fraction of sp³-hybridized carbons (Fsp3) is 0.857. The van der Waals surface area contributed by atoms with Gasteiger partial charge >= 0.3 is 5.97 Å². The van der Waals surface area contributed by atoms with Crippen LogP contribution in [0.3, 0.4) is 0 Å². The molecule has 3 heterocycles. The number of esters is 1. The average molecular weight is 411 g/mol. The molecule has 3 fully saturated rings. The lowest BCUT2D eigenvalue weighted by molar-refractivity contribution is -0.161. The van der Waals surface area contributed by atoms with E-state index in [9.17, 15) is 14.4 Å². The first kappa shape index (κ1) is 22.0. The van der Waals surface area contributed by atoms with Crippen molar-refractivity contribution in [3.63, 3.8) is 0 Å². The number of nitrogens with zero attached hydrogens (tertiary/aromatic N) is 1. The number of aliphatic hydroxyl groups excluding tert-OH is 1. The van der Waals surface area contributed by atoms with Crippen molar-refractivity contribution in [2.75, 3.05) is 19.8 Å². The van der Waals surface area contributed by atoms with Gasteiger partial charge in [0.05, 0.1) is 18.1 Å². The van der Waals surface area contributed by atoms with Gasteiger partial charge in [-0.25, -0.2) is 0 Å². The van der Waals surface area contributed by atoms with Crippen LogP contribution in [0, 0.1) is 17.8 Å². The molecule has 0 aromatic carbocycles. The second kappa shape index (κ2) is 7.87. The molecule has 3 aliphatic heterocycles. The fourth-order valence-electron chi connectivity index (χ4n) is 5.63. The molecule has 0 aliphatic carbocycles. The van der Waals surface area contributed by atoms with E-state index in [1.165, 1.54) is 0 Å². The fourth-order valence-corrected chi connectivity index (χ4v) is 5.63. The third-order valence-electron chi connectivity index (χ3n) is 6.84. The number of rotatable bonds is 8. The van der Waals surface area contributed by atoms with E-state index in [0.29, 0.717) is 25.8 Å². The van der Waals surface area contributed by atoms with Crippen LogP contribution in [0.15, 0.2) is 0 Å². The monoisotopic (exact) mass is 410 g/mol. The van der Waals surface area contributed by atoms with Crippen molar-refractivity contribution in [1.82, 2.24) is 10.2 Å². The minimum Gasteiger partial charge on any atom is -0.466 e. The van der Waals surface area contributed by atoms with Crippen LogP contribution < -0.4 is 5.32 Å². The van der Waals surface area contributed by atoms with Gasteiger partial charge in [0.2, 0.25) is 11.8 Å². The molecule has 6 atom stereocenters. The highest BCUT2D eigenvalue weighted by atomic mass is 16.6. The molecule has 0 aromatic rings. The first-order valence-corrected chi connectivity index (χ1v) is 10.7. The van der Waals surface area contributed by atoms with Crippen LogP contribution in [-0.2, 0) is 23.9 Å². The van der Waals surface area contributed by atoms with Gasteiger partial charge < -0.3 is 24.8 Å². The predicted octanol–water partition coefficient (Wildman–Crippen LogP) is 0.857. The number of hydrogen-bond donors (Lipinski definition) is 2. The quantitative estimate of drug-likeness (QED) is 0.454. The lowest BCUT2D eigenvalue weighted by Gasteiger charge is -2.35. The average Bonchev–Trinajstić information content (AvgIpc) is 3.12. The summed E-state index contributed by atoms with van der Waals surface area (Å²) in [6.45, 7) is 9.96. The SMILES string of the molecule is CCOC(=O)[C@@H]1[C@H]2C(=O)N(CCCCO)C(C(=O)NC(C)C)C23CC(C)[C@@]1(C)O3. The van der Waals surface area contributed by atoms with E-state index in [2.05, 4.69) is 5.32 Å². The molecule has 3 aliphatic rings. The molecule has 0 aromatic heterocycles. The third kappa shape index (κ3) is 3.24. The number of carbonyl (C=O) groups is 3. The van der Waals surface area contributed by atoms with Gasteiger partial charge in [-0.2, -0.15) is 0 Å². The second-order valence-electron chi connectivity index (χ2n) is 9.08.